The molecule has 0 aromatic heterocycles. The van der Waals surface area contributed by atoms with Crippen LogP contribution >= 0.6 is 27.5 Å². The van der Waals surface area contributed by atoms with Gasteiger partial charge in [0, 0.05) is 16.6 Å². The Morgan fingerprint density at radius 2 is 1.95 bits per heavy atom. The summed E-state index contributed by atoms with van der Waals surface area (Å²) in [7, 11) is 1.96. The summed E-state index contributed by atoms with van der Waals surface area (Å²) in [6.45, 7) is 2.15. The predicted octanol–water partition coefficient (Wildman–Crippen LogP) is 5.57. The van der Waals surface area contributed by atoms with Crippen LogP contribution in [0.25, 0.3) is 0 Å². The van der Waals surface area contributed by atoms with Crippen molar-refractivity contribution in [3.63, 3.8) is 0 Å². The number of benzene rings is 2. The molecular weight excluding hydrogens is 338 g/mol. The molecule has 0 aliphatic heterocycles. The minimum atomic E-state index is 0.275. The summed E-state index contributed by atoms with van der Waals surface area (Å²) in [5.41, 5.74) is 1.15. The fourth-order valence-corrected chi connectivity index (χ4v) is 2.88. The Bertz CT molecular complexity index is 584. The van der Waals surface area contributed by atoms with Crippen LogP contribution in [0.2, 0.25) is 5.02 Å². The maximum Gasteiger partial charge on any atom is 0.141 e. The lowest BCUT2D eigenvalue weighted by atomic mass is 10.0. The summed E-state index contributed by atoms with van der Waals surface area (Å²) in [5.74, 6) is 1.62. The molecule has 0 saturated heterocycles. The molecule has 1 unspecified atom stereocenters. The van der Waals surface area contributed by atoms with E-state index in [1.807, 2.05) is 43.4 Å². The number of para-hydroxylation sites is 1. The molecule has 0 aliphatic carbocycles. The van der Waals surface area contributed by atoms with Gasteiger partial charge in [-0.3, -0.25) is 0 Å². The van der Waals surface area contributed by atoms with Crippen LogP contribution in [0.5, 0.6) is 11.5 Å². The average molecular weight is 355 g/mol. The van der Waals surface area contributed by atoms with Gasteiger partial charge in [0.2, 0.25) is 0 Å². The van der Waals surface area contributed by atoms with Gasteiger partial charge < -0.3 is 10.1 Å². The first-order valence-electron chi connectivity index (χ1n) is 6.54. The van der Waals surface area contributed by atoms with Gasteiger partial charge in [-0.05, 0) is 53.7 Å². The van der Waals surface area contributed by atoms with Crippen LogP contribution in [0.4, 0.5) is 0 Å². The number of hydrogen-bond donors (Lipinski definition) is 1. The topological polar surface area (TPSA) is 21.3 Å². The lowest BCUT2D eigenvalue weighted by Crippen LogP contribution is -2.15. The molecular formula is C16H17BrClNO. The molecule has 0 radical (unpaired) electrons. The monoisotopic (exact) mass is 353 g/mol. The quantitative estimate of drug-likeness (QED) is 0.758. The zero-order valence-electron chi connectivity index (χ0n) is 11.5. The molecule has 106 valence electrons. The molecule has 2 aromatic rings. The normalized spacial score (nSPS) is 12.2. The second-order valence-corrected chi connectivity index (χ2v) is 5.75. The van der Waals surface area contributed by atoms with Gasteiger partial charge in [0.1, 0.15) is 11.5 Å². The third kappa shape index (κ3) is 3.54. The van der Waals surface area contributed by atoms with E-state index in [1.165, 1.54) is 0 Å². The maximum atomic E-state index is 6.03. The zero-order valence-corrected chi connectivity index (χ0v) is 13.8. The van der Waals surface area contributed by atoms with E-state index >= 15 is 0 Å². The van der Waals surface area contributed by atoms with Crippen molar-refractivity contribution in [3.05, 3.63) is 57.5 Å². The van der Waals surface area contributed by atoms with Crippen LogP contribution in [0.1, 0.15) is 24.9 Å². The Labute approximate surface area is 133 Å². The van der Waals surface area contributed by atoms with Crippen molar-refractivity contribution in [3.8, 4) is 11.5 Å². The number of rotatable bonds is 5. The summed E-state index contributed by atoms with van der Waals surface area (Å²) in [6.07, 6.45) is 0.999. The molecule has 2 rings (SSSR count). The van der Waals surface area contributed by atoms with Crippen LogP contribution in [0, 0.1) is 0 Å². The highest BCUT2D eigenvalue weighted by Gasteiger charge is 2.13. The molecule has 1 N–H and O–H groups in total. The standard InChI is InChI=1S/C16H17BrClNO/c1-3-14(19-2)12-6-4-5-7-15(12)20-16-9-8-11(18)10-13(16)17/h4-10,14,19H,3H2,1-2H3. The Morgan fingerprint density at radius 1 is 1.20 bits per heavy atom. The molecule has 1 atom stereocenters. The molecule has 0 heterocycles. The molecule has 0 amide bonds. The Balaban J connectivity index is 2.33. The average Bonchev–Trinajstić information content (AvgIpc) is 2.45. The van der Waals surface area contributed by atoms with E-state index < -0.39 is 0 Å². The van der Waals surface area contributed by atoms with Gasteiger partial charge in [-0.15, -0.1) is 0 Å². The van der Waals surface area contributed by atoms with Gasteiger partial charge in [0.05, 0.1) is 4.47 Å². The second-order valence-electron chi connectivity index (χ2n) is 4.46. The Hall–Kier alpha value is -1.03. The molecule has 20 heavy (non-hydrogen) atoms. The van der Waals surface area contributed by atoms with Crippen LogP contribution in [-0.2, 0) is 0 Å². The minimum absolute atomic E-state index is 0.275. The van der Waals surface area contributed by atoms with Gasteiger partial charge in [0.25, 0.3) is 0 Å². The van der Waals surface area contributed by atoms with E-state index in [0.717, 1.165) is 28.0 Å². The molecule has 0 bridgehead atoms. The Morgan fingerprint density at radius 3 is 2.60 bits per heavy atom. The zero-order chi connectivity index (χ0) is 14.5. The van der Waals surface area contributed by atoms with Gasteiger partial charge in [-0.1, -0.05) is 36.7 Å². The highest BCUT2D eigenvalue weighted by Crippen LogP contribution is 2.35. The first-order valence-corrected chi connectivity index (χ1v) is 7.72. The molecule has 0 saturated carbocycles. The van der Waals surface area contributed by atoms with E-state index in [2.05, 4.69) is 34.2 Å². The number of nitrogens with one attached hydrogen (secondary N) is 1. The van der Waals surface area contributed by atoms with Crippen LogP contribution in [0.3, 0.4) is 0 Å². The summed E-state index contributed by atoms with van der Waals surface area (Å²) in [5, 5.41) is 3.98. The van der Waals surface area contributed by atoms with Gasteiger partial charge in [-0.25, -0.2) is 0 Å². The van der Waals surface area contributed by atoms with Crippen molar-refractivity contribution < 1.29 is 4.74 Å². The minimum Gasteiger partial charge on any atom is -0.456 e. The summed E-state index contributed by atoms with van der Waals surface area (Å²) in [4.78, 5) is 0. The number of hydrogen-bond acceptors (Lipinski definition) is 2. The first-order chi connectivity index (χ1) is 9.65. The highest BCUT2D eigenvalue weighted by atomic mass is 79.9. The lowest BCUT2D eigenvalue weighted by Gasteiger charge is -2.19. The van der Waals surface area contributed by atoms with Crippen molar-refractivity contribution >= 4 is 27.5 Å². The molecule has 4 heteroatoms. The molecule has 2 aromatic carbocycles. The van der Waals surface area contributed by atoms with Gasteiger partial charge in [-0.2, -0.15) is 0 Å². The van der Waals surface area contributed by atoms with Crippen molar-refractivity contribution in [2.75, 3.05) is 7.05 Å². The first kappa shape index (κ1) is 15.4. The number of halogens is 2. The maximum absolute atomic E-state index is 6.03. The summed E-state index contributed by atoms with van der Waals surface area (Å²) >= 11 is 9.43. The fraction of sp³-hybridized carbons (Fsp3) is 0.250. The molecule has 0 aliphatic rings. The number of ether oxygens (including phenoxy) is 1. The second kappa shape index (κ2) is 7.11. The molecule has 0 spiro atoms. The smallest absolute Gasteiger partial charge is 0.141 e. The Kier molecular flexibility index (Phi) is 5.46. The van der Waals surface area contributed by atoms with Gasteiger partial charge >= 0.3 is 0 Å². The van der Waals surface area contributed by atoms with Crippen molar-refractivity contribution in [1.82, 2.24) is 5.32 Å². The third-order valence-electron chi connectivity index (χ3n) is 3.16. The lowest BCUT2D eigenvalue weighted by molar-refractivity contribution is 0.456. The SMILES string of the molecule is CCC(NC)c1ccccc1Oc1ccc(Cl)cc1Br. The predicted molar refractivity (Wildman–Crippen MR) is 87.8 cm³/mol. The highest BCUT2D eigenvalue weighted by molar-refractivity contribution is 9.10. The largest absolute Gasteiger partial charge is 0.456 e. The molecule has 0 fully saturated rings. The van der Waals surface area contributed by atoms with E-state index in [-0.39, 0.29) is 6.04 Å². The van der Waals surface area contributed by atoms with E-state index in [4.69, 9.17) is 16.3 Å². The van der Waals surface area contributed by atoms with Crippen LogP contribution in [0.15, 0.2) is 46.9 Å². The van der Waals surface area contributed by atoms with Crippen LogP contribution in [-0.4, -0.2) is 7.05 Å². The molecule has 2 nitrogen and oxygen atoms in total. The van der Waals surface area contributed by atoms with E-state index in [1.54, 1.807) is 0 Å². The van der Waals surface area contributed by atoms with Crippen LogP contribution < -0.4 is 10.1 Å². The van der Waals surface area contributed by atoms with E-state index in [9.17, 15) is 0 Å². The summed E-state index contributed by atoms with van der Waals surface area (Å²) in [6, 6.07) is 13.9. The summed E-state index contributed by atoms with van der Waals surface area (Å²) < 4.78 is 6.88. The van der Waals surface area contributed by atoms with Gasteiger partial charge in [0.15, 0.2) is 0 Å². The van der Waals surface area contributed by atoms with Crippen molar-refractivity contribution in [1.29, 1.82) is 0 Å². The third-order valence-corrected chi connectivity index (χ3v) is 4.02. The fourth-order valence-electron chi connectivity index (χ4n) is 2.12. The van der Waals surface area contributed by atoms with Crippen molar-refractivity contribution in [2.24, 2.45) is 0 Å². The van der Waals surface area contributed by atoms with E-state index in [0.29, 0.717) is 5.02 Å². The van der Waals surface area contributed by atoms with Crippen molar-refractivity contribution in [2.45, 2.75) is 19.4 Å².